The van der Waals surface area contributed by atoms with Gasteiger partial charge in [0.25, 0.3) is 10.0 Å². The molecule has 0 radical (unpaired) electrons. The number of aliphatic carboxylic acids is 1. The molecule has 25 heavy (non-hydrogen) atoms. The van der Waals surface area contributed by atoms with Gasteiger partial charge in [0.1, 0.15) is 0 Å². The number of carboxylic acid groups (broad SMARTS) is 1. The van der Waals surface area contributed by atoms with Crippen LogP contribution >= 0.6 is 0 Å². The fourth-order valence-corrected chi connectivity index (χ4v) is 3.92. The van der Waals surface area contributed by atoms with Crippen molar-refractivity contribution in [3.8, 4) is 0 Å². The van der Waals surface area contributed by atoms with Crippen LogP contribution in [0.25, 0.3) is 0 Å². The first kappa shape index (κ1) is 18.9. The first-order chi connectivity index (χ1) is 11.7. The summed E-state index contributed by atoms with van der Waals surface area (Å²) in [5.41, 5.74) is 0.342. The second-order valence-electron chi connectivity index (χ2n) is 5.99. The number of rotatable bonds is 5. The highest BCUT2D eigenvalue weighted by Crippen LogP contribution is 2.30. The summed E-state index contributed by atoms with van der Waals surface area (Å²) in [4.78, 5) is 34.3. The van der Waals surface area contributed by atoms with Gasteiger partial charge in [-0.25, -0.2) is 13.1 Å². The number of carboxylic acids is 1. The first-order valence-corrected chi connectivity index (χ1v) is 9.34. The smallest absolute Gasteiger partial charge is 0.264 e. The Morgan fingerprint density at radius 1 is 1.04 bits per heavy atom. The highest BCUT2D eigenvalue weighted by Gasteiger charge is 2.31. The second-order valence-corrected chi connectivity index (χ2v) is 7.67. The Morgan fingerprint density at radius 3 is 2.12 bits per heavy atom. The van der Waals surface area contributed by atoms with E-state index in [1.165, 1.54) is 24.3 Å². The molecule has 1 aromatic carbocycles. The third-order valence-electron chi connectivity index (χ3n) is 4.12. The molecule has 1 aromatic rings. The summed E-state index contributed by atoms with van der Waals surface area (Å²) in [7, 11) is -3.94. The number of benzene rings is 1. The third-order valence-corrected chi connectivity index (χ3v) is 5.56. The van der Waals surface area contributed by atoms with Gasteiger partial charge in [-0.05, 0) is 37.1 Å². The zero-order valence-corrected chi connectivity index (χ0v) is 14.5. The number of nitrogens with one attached hydrogen (secondary N) is 2. The van der Waals surface area contributed by atoms with Crippen molar-refractivity contribution in [3.63, 3.8) is 0 Å². The zero-order valence-electron chi connectivity index (χ0n) is 13.7. The van der Waals surface area contributed by atoms with Crippen LogP contribution < -0.4 is 15.1 Å². The SMILES string of the molecule is CC(=O)NS(=O)(=O)c1ccc(NC(=O)[C@H]2CCCC[C@@H]2C(=O)[O-])cc1. The highest BCUT2D eigenvalue weighted by molar-refractivity contribution is 7.90. The molecule has 8 nitrogen and oxygen atoms in total. The monoisotopic (exact) mass is 367 g/mol. The van der Waals surface area contributed by atoms with Gasteiger partial charge in [0.15, 0.2) is 0 Å². The van der Waals surface area contributed by atoms with Crippen molar-refractivity contribution >= 4 is 33.5 Å². The van der Waals surface area contributed by atoms with E-state index < -0.39 is 39.6 Å². The molecule has 1 saturated carbocycles. The van der Waals surface area contributed by atoms with Crippen LogP contribution in [0.2, 0.25) is 0 Å². The summed E-state index contributed by atoms with van der Waals surface area (Å²) in [5.74, 6) is -3.83. The topological polar surface area (TPSA) is 132 Å². The van der Waals surface area contributed by atoms with Gasteiger partial charge in [0, 0.05) is 30.4 Å². The molecule has 2 rings (SSSR count). The summed E-state index contributed by atoms with van der Waals surface area (Å²) in [6.07, 6.45) is 2.40. The van der Waals surface area contributed by atoms with Crippen molar-refractivity contribution in [3.05, 3.63) is 24.3 Å². The molecule has 9 heteroatoms. The van der Waals surface area contributed by atoms with Crippen LogP contribution in [0.1, 0.15) is 32.6 Å². The molecule has 0 unspecified atom stereocenters. The summed E-state index contributed by atoms with van der Waals surface area (Å²) in [6.45, 7) is 1.09. The molecule has 136 valence electrons. The summed E-state index contributed by atoms with van der Waals surface area (Å²) in [6, 6.07) is 5.25. The average Bonchev–Trinajstić information content (AvgIpc) is 2.54. The predicted molar refractivity (Wildman–Crippen MR) is 86.5 cm³/mol. The quantitative estimate of drug-likeness (QED) is 0.753. The maximum atomic E-state index is 12.3. The number of carbonyl (C=O) groups excluding carboxylic acids is 3. The normalized spacial score (nSPS) is 20.5. The van der Waals surface area contributed by atoms with Crippen LogP contribution in [-0.4, -0.2) is 26.2 Å². The van der Waals surface area contributed by atoms with Gasteiger partial charge in [-0.2, -0.15) is 0 Å². The van der Waals surface area contributed by atoms with Crippen LogP contribution in [0.4, 0.5) is 5.69 Å². The number of anilines is 1. The van der Waals surface area contributed by atoms with E-state index in [9.17, 15) is 27.9 Å². The molecule has 0 spiro atoms. The van der Waals surface area contributed by atoms with Gasteiger partial charge in [0.2, 0.25) is 11.8 Å². The number of amides is 2. The molecule has 1 fully saturated rings. The lowest BCUT2D eigenvalue weighted by Crippen LogP contribution is -2.42. The van der Waals surface area contributed by atoms with E-state index >= 15 is 0 Å². The molecule has 0 aliphatic heterocycles. The second kappa shape index (κ2) is 7.64. The van der Waals surface area contributed by atoms with E-state index in [0.717, 1.165) is 19.8 Å². The number of hydrogen-bond acceptors (Lipinski definition) is 6. The van der Waals surface area contributed by atoms with E-state index in [4.69, 9.17) is 0 Å². The standard InChI is InChI=1S/C16H20N2O6S/c1-10(19)18-25(23,24)12-8-6-11(7-9-12)17-15(20)13-4-2-3-5-14(13)16(21)22/h6-9,13-14H,2-5H2,1H3,(H,17,20)(H,18,19)(H,21,22)/p-1/t13-,14-/m0/s1. The Balaban J connectivity index is 2.09. The van der Waals surface area contributed by atoms with E-state index in [1.54, 1.807) is 0 Å². The molecule has 0 heterocycles. The molecule has 1 aliphatic carbocycles. The van der Waals surface area contributed by atoms with Crippen molar-refractivity contribution in [2.45, 2.75) is 37.5 Å². The molecule has 0 bridgehead atoms. The third kappa shape index (κ3) is 4.79. The Labute approximate surface area is 145 Å². The molecule has 2 N–H and O–H groups in total. The predicted octanol–water partition coefficient (Wildman–Crippen LogP) is 0.00620. The maximum Gasteiger partial charge on any atom is 0.264 e. The van der Waals surface area contributed by atoms with E-state index in [-0.39, 0.29) is 4.90 Å². The molecule has 1 aliphatic rings. The van der Waals surface area contributed by atoms with Gasteiger partial charge in [-0.1, -0.05) is 12.8 Å². The van der Waals surface area contributed by atoms with Gasteiger partial charge in [-0.15, -0.1) is 0 Å². The van der Waals surface area contributed by atoms with Gasteiger partial charge >= 0.3 is 0 Å². The summed E-state index contributed by atoms with van der Waals surface area (Å²) in [5, 5.41) is 13.8. The summed E-state index contributed by atoms with van der Waals surface area (Å²) >= 11 is 0. The number of carbonyl (C=O) groups is 3. The van der Waals surface area contributed by atoms with Gasteiger partial charge < -0.3 is 15.2 Å². The molecule has 2 atom stereocenters. The van der Waals surface area contributed by atoms with Gasteiger partial charge in [-0.3, -0.25) is 9.59 Å². The van der Waals surface area contributed by atoms with E-state index in [0.29, 0.717) is 18.5 Å². The molecule has 0 saturated heterocycles. The molecule has 2 amide bonds. The van der Waals surface area contributed by atoms with E-state index in [1.807, 2.05) is 4.72 Å². The molecular weight excluding hydrogens is 348 g/mol. The Bertz CT molecular complexity index is 772. The van der Waals surface area contributed by atoms with Crippen molar-refractivity contribution in [2.75, 3.05) is 5.32 Å². The fraction of sp³-hybridized carbons (Fsp3) is 0.438. The zero-order chi connectivity index (χ0) is 18.6. The van der Waals surface area contributed by atoms with Crippen LogP contribution in [0.15, 0.2) is 29.2 Å². The fourth-order valence-electron chi connectivity index (χ4n) is 2.93. The highest BCUT2D eigenvalue weighted by atomic mass is 32.2. The Kier molecular flexibility index (Phi) is 5.78. The first-order valence-electron chi connectivity index (χ1n) is 7.86. The number of hydrogen-bond donors (Lipinski definition) is 2. The molecular formula is C16H19N2O6S-. The largest absolute Gasteiger partial charge is 0.550 e. The van der Waals surface area contributed by atoms with Crippen molar-refractivity contribution in [1.29, 1.82) is 0 Å². The van der Waals surface area contributed by atoms with Crippen LogP contribution in [0.5, 0.6) is 0 Å². The van der Waals surface area contributed by atoms with Crippen molar-refractivity contribution in [2.24, 2.45) is 11.8 Å². The lowest BCUT2D eigenvalue weighted by molar-refractivity contribution is -0.313. The lowest BCUT2D eigenvalue weighted by atomic mass is 9.78. The van der Waals surface area contributed by atoms with Gasteiger partial charge in [0.05, 0.1) is 4.90 Å². The van der Waals surface area contributed by atoms with Crippen molar-refractivity contribution < 1.29 is 27.9 Å². The van der Waals surface area contributed by atoms with Crippen LogP contribution in [0, 0.1) is 11.8 Å². The minimum atomic E-state index is -3.94. The maximum absolute atomic E-state index is 12.3. The number of sulfonamides is 1. The Morgan fingerprint density at radius 2 is 1.60 bits per heavy atom. The lowest BCUT2D eigenvalue weighted by Gasteiger charge is -2.31. The minimum Gasteiger partial charge on any atom is -0.550 e. The minimum absolute atomic E-state index is 0.119. The van der Waals surface area contributed by atoms with Crippen molar-refractivity contribution in [1.82, 2.24) is 4.72 Å². The Hall–Kier alpha value is -2.42. The van der Waals surface area contributed by atoms with Crippen LogP contribution in [0.3, 0.4) is 0 Å². The van der Waals surface area contributed by atoms with E-state index in [2.05, 4.69) is 5.32 Å². The average molecular weight is 367 g/mol. The molecule has 0 aromatic heterocycles. The summed E-state index contributed by atoms with van der Waals surface area (Å²) < 4.78 is 25.5. The van der Waals surface area contributed by atoms with Crippen LogP contribution in [-0.2, 0) is 24.4 Å².